The highest BCUT2D eigenvalue weighted by atomic mass is 19.1. The molecule has 1 aromatic carbocycles. The molecule has 0 aliphatic carbocycles. The van der Waals surface area contributed by atoms with Gasteiger partial charge in [-0.05, 0) is 31.9 Å². The van der Waals surface area contributed by atoms with Gasteiger partial charge in [0.15, 0.2) is 0 Å². The first-order valence-corrected chi connectivity index (χ1v) is 8.10. The zero-order valence-electron chi connectivity index (χ0n) is 14.4. The van der Waals surface area contributed by atoms with Gasteiger partial charge in [-0.1, -0.05) is 24.3 Å². The average molecular weight is 348 g/mol. The van der Waals surface area contributed by atoms with Gasteiger partial charge in [0.25, 0.3) is 5.91 Å². The van der Waals surface area contributed by atoms with E-state index in [1.165, 1.54) is 18.2 Å². The lowest BCUT2D eigenvalue weighted by Gasteiger charge is -2.33. The number of nitrogens with one attached hydrogen (secondary N) is 2. The van der Waals surface area contributed by atoms with E-state index in [1.54, 1.807) is 25.1 Å². The maximum Gasteiger partial charge on any atom is 0.254 e. The molecule has 3 N–H and O–H groups in total. The maximum absolute atomic E-state index is 13.5. The molecule has 0 saturated heterocycles. The third-order valence-electron chi connectivity index (χ3n) is 3.94. The molecular formula is C19H25FN2O3. The van der Waals surface area contributed by atoms with Crippen LogP contribution >= 0.6 is 0 Å². The van der Waals surface area contributed by atoms with Crippen LogP contribution in [0.1, 0.15) is 36.5 Å². The Hall–Kier alpha value is -2.47. The van der Waals surface area contributed by atoms with Crippen LogP contribution in [0, 0.1) is 5.82 Å². The van der Waals surface area contributed by atoms with Gasteiger partial charge in [0.2, 0.25) is 5.91 Å². The molecular weight excluding hydrogens is 323 g/mol. The Labute approximate surface area is 147 Å². The van der Waals surface area contributed by atoms with Gasteiger partial charge in [-0.15, -0.1) is 13.2 Å². The molecule has 5 nitrogen and oxygen atoms in total. The van der Waals surface area contributed by atoms with Crippen LogP contribution in [0.4, 0.5) is 4.39 Å². The molecule has 0 spiro atoms. The average Bonchev–Trinajstić information content (AvgIpc) is 2.55. The van der Waals surface area contributed by atoms with Gasteiger partial charge in [-0.2, -0.15) is 0 Å². The van der Waals surface area contributed by atoms with E-state index in [2.05, 4.69) is 23.8 Å². The Morgan fingerprint density at radius 2 is 1.88 bits per heavy atom. The number of halogens is 1. The van der Waals surface area contributed by atoms with Crippen molar-refractivity contribution in [3.8, 4) is 0 Å². The van der Waals surface area contributed by atoms with Crippen molar-refractivity contribution in [1.82, 2.24) is 10.6 Å². The molecule has 0 radical (unpaired) electrons. The van der Waals surface area contributed by atoms with Crippen molar-refractivity contribution in [2.24, 2.45) is 0 Å². The van der Waals surface area contributed by atoms with Crippen LogP contribution in [-0.4, -0.2) is 35.1 Å². The van der Waals surface area contributed by atoms with Crippen molar-refractivity contribution < 1.29 is 19.1 Å². The fourth-order valence-electron chi connectivity index (χ4n) is 2.41. The van der Waals surface area contributed by atoms with Crippen LogP contribution in [-0.2, 0) is 4.79 Å². The smallest absolute Gasteiger partial charge is 0.254 e. The summed E-state index contributed by atoms with van der Waals surface area (Å²) in [7, 11) is 0. The van der Waals surface area contributed by atoms with Crippen LogP contribution in [0.25, 0.3) is 0 Å². The molecule has 0 aliphatic rings. The zero-order chi connectivity index (χ0) is 18.9. The number of amides is 2. The SMILES string of the molecule is C=CCC(O)(CC=C)[C@H](C)NC(=O)CCNC(=O)c1ccccc1F. The van der Waals surface area contributed by atoms with E-state index in [-0.39, 0.29) is 24.4 Å². The Bertz CT molecular complexity index is 621. The predicted molar refractivity (Wildman–Crippen MR) is 95.5 cm³/mol. The highest BCUT2D eigenvalue weighted by Gasteiger charge is 2.32. The summed E-state index contributed by atoms with van der Waals surface area (Å²) in [5.74, 6) is -1.52. The van der Waals surface area contributed by atoms with E-state index < -0.39 is 23.4 Å². The molecule has 0 bridgehead atoms. The first-order chi connectivity index (χ1) is 11.8. The third-order valence-corrected chi connectivity index (χ3v) is 3.94. The van der Waals surface area contributed by atoms with Gasteiger partial charge >= 0.3 is 0 Å². The van der Waals surface area contributed by atoms with E-state index in [4.69, 9.17) is 0 Å². The fourth-order valence-corrected chi connectivity index (χ4v) is 2.41. The highest BCUT2D eigenvalue weighted by Crippen LogP contribution is 2.21. The van der Waals surface area contributed by atoms with Crippen molar-refractivity contribution in [3.63, 3.8) is 0 Å². The number of carbonyl (C=O) groups excluding carboxylic acids is 2. The van der Waals surface area contributed by atoms with Gasteiger partial charge in [0, 0.05) is 13.0 Å². The normalized spacial score (nSPS) is 12.1. The summed E-state index contributed by atoms with van der Waals surface area (Å²) in [5.41, 5.74) is -1.22. The van der Waals surface area contributed by atoms with Gasteiger partial charge in [-0.25, -0.2) is 4.39 Å². The second-order valence-corrected chi connectivity index (χ2v) is 5.86. The monoisotopic (exact) mass is 348 g/mol. The molecule has 1 atom stereocenters. The van der Waals surface area contributed by atoms with E-state index in [9.17, 15) is 19.1 Å². The molecule has 0 saturated carbocycles. The van der Waals surface area contributed by atoms with Crippen molar-refractivity contribution in [2.75, 3.05) is 6.54 Å². The summed E-state index contributed by atoms with van der Waals surface area (Å²) < 4.78 is 13.5. The Kier molecular flexibility index (Phi) is 8.01. The number of rotatable bonds is 10. The van der Waals surface area contributed by atoms with Gasteiger partial charge < -0.3 is 15.7 Å². The van der Waals surface area contributed by atoms with Crippen LogP contribution in [0.15, 0.2) is 49.6 Å². The first kappa shape index (κ1) is 20.6. The van der Waals surface area contributed by atoms with Gasteiger partial charge in [-0.3, -0.25) is 9.59 Å². The lowest BCUT2D eigenvalue weighted by Crippen LogP contribution is -2.51. The Balaban J connectivity index is 2.49. The van der Waals surface area contributed by atoms with Crippen molar-refractivity contribution in [1.29, 1.82) is 0 Å². The number of carbonyl (C=O) groups is 2. The molecule has 0 unspecified atom stereocenters. The maximum atomic E-state index is 13.5. The van der Waals surface area contributed by atoms with Crippen LogP contribution in [0.5, 0.6) is 0 Å². The summed E-state index contributed by atoms with van der Waals surface area (Å²) in [6.07, 6.45) is 3.80. The van der Waals surface area contributed by atoms with Crippen LogP contribution in [0.2, 0.25) is 0 Å². The quantitative estimate of drug-likeness (QED) is 0.568. The second kappa shape index (κ2) is 9.74. The largest absolute Gasteiger partial charge is 0.387 e. The van der Waals surface area contributed by atoms with Crippen LogP contribution < -0.4 is 10.6 Å². The van der Waals surface area contributed by atoms with E-state index in [0.717, 1.165) is 0 Å². The first-order valence-electron chi connectivity index (χ1n) is 8.10. The topological polar surface area (TPSA) is 78.4 Å². The summed E-state index contributed by atoms with van der Waals surface area (Å²) in [5, 5.41) is 15.8. The Morgan fingerprint density at radius 3 is 2.44 bits per heavy atom. The molecule has 1 aromatic rings. The summed E-state index contributed by atoms with van der Waals surface area (Å²) >= 11 is 0. The lowest BCUT2D eigenvalue weighted by molar-refractivity contribution is -0.123. The van der Waals surface area contributed by atoms with Gasteiger partial charge in [0.05, 0.1) is 17.2 Å². The molecule has 2 amide bonds. The second-order valence-electron chi connectivity index (χ2n) is 5.86. The minimum atomic E-state index is -1.16. The van der Waals surface area contributed by atoms with Crippen molar-refractivity contribution >= 4 is 11.8 Å². The molecule has 25 heavy (non-hydrogen) atoms. The molecule has 1 rings (SSSR count). The van der Waals surface area contributed by atoms with Gasteiger partial charge in [0.1, 0.15) is 5.82 Å². The molecule has 0 fully saturated rings. The number of aliphatic hydroxyl groups is 1. The minimum Gasteiger partial charge on any atom is -0.387 e. The zero-order valence-corrected chi connectivity index (χ0v) is 14.4. The molecule has 6 heteroatoms. The highest BCUT2D eigenvalue weighted by molar-refractivity contribution is 5.94. The predicted octanol–water partition coefficient (Wildman–Crippen LogP) is 2.33. The summed E-state index contributed by atoms with van der Waals surface area (Å²) in [6, 6.07) is 5.11. The molecule has 136 valence electrons. The van der Waals surface area contributed by atoms with E-state index >= 15 is 0 Å². The standard InChI is InChI=1S/C19H25FN2O3/c1-4-11-19(25,12-5-2)14(3)22-17(23)10-13-21-18(24)15-8-6-7-9-16(15)20/h4-9,14,25H,1-2,10-13H2,3H3,(H,21,24)(H,22,23)/t14-/m0/s1. The third kappa shape index (κ3) is 6.15. The summed E-state index contributed by atoms with van der Waals surface area (Å²) in [6.45, 7) is 8.98. The number of hydrogen-bond acceptors (Lipinski definition) is 3. The number of hydrogen-bond donors (Lipinski definition) is 3. The van der Waals surface area contributed by atoms with Crippen molar-refractivity contribution in [3.05, 3.63) is 61.0 Å². The lowest BCUT2D eigenvalue weighted by atomic mass is 9.88. The summed E-state index contributed by atoms with van der Waals surface area (Å²) in [4.78, 5) is 23.8. The fraction of sp³-hybridized carbons (Fsp3) is 0.368. The van der Waals surface area contributed by atoms with Crippen molar-refractivity contribution in [2.45, 2.75) is 37.8 Å². The van der Waals surface area contributed by atoms with Crippen LogP contribution in [0.3, 0.4) is 0 Å². The molecule has 0 aliphatic heterocycles. The molecule has 0 heterocycles. The van der Waals surface area contributed by atoms with E-state index in [0.29, 0.717) is 12.8 Å². The Morgan fingerprint density at radius 1 is 1.28 bits per heavy atom. The number of benzene rings is 1. The molecule has 0 aromatic heterocycles. The van der Waals surface area contributed by atoms with E-state index in [1.807, 2.05) is 0 Å². The minimum absolute atomic E-state index is 0.0167.